The van der Waals surface area contributed by atoms with Gasteiger partial charge in [0.25, 0.3) is 0 Å². The van der Waals surface area contributed by atoms with E-state index in [1.54, 1.807) is 0 Å². The summed E-state index contributed by atoms with van der Waals surface area (Å²) < 4.78 is 0. The maximum atomic E-state index is 11.9. The van der Waals surface area contributed by atoms with Crippen LogP contribution in [0.3, 0.4) is 0 Å². The molecule has 0 radical (unpaired) electrons. The summed E-state index contributed by atoms with van der Waals surface area (Å²) in [6.07, 6.45) is 3.25. The Kier molecular flexibility index (Phi) is 6.55. The number of carbonyl (C=O) groups excluding carboxylic acids is 1. The predicted octanol–water partition coefficient (Wildman–Crippen LogP) is 2.62. The van der Waals surface area contributed by atoms with Gasteiger partial charge in [-0.15, -0.1) is 5.92 Å². The zero-order valence-corrected chi connectivity index (χ0v) is 13.8. The summed E-state index contributed by atoms with van der Waals surface area (Å²) in [5, 5.41) is 0. The highest BCUT2D eigenvalue weighted by Gasteiger charge is 2.43. The first-order valence-corrected chi connectivity index (χ1v) is 7.87. The molecule has 1 fully saturated rings. The van der Waals surface area contributed by atoms with Gasteiger partial charge in [0, 0.05) is 30.8 Å². The van der Waals surface area contributed by atoms with E-state index in [0.717, 1.165) is 45.4 Å². The summed E-state index contributed by atoms with van der Waals surface area (Å²) >= 11 is 0. The lowest BCUT2D eigenvalue weighted by atomic mass is 9.74. The molecule has 20 heavy (non-hydrogen) atoms. The third kappa shape index (κ3) is 4.52. The predicted molar refractivity (Wildman–Crippen MR) is 84.3 cm³/mol. The Hall–Kier alpha value is -1.01. The molecule has 3 heteroatoms. The average molecular weight is 278 g/mol. The number of carbonyl (C=O) groups is 1. The van der Waals surface area contributed by atoms with Gasteiger partial charge in [-0.2, -0.15) is 0 Å². The van der Waals surface area contributed by atoms with Crippen molar-refractivity contribution in [2.75, 3.05) is 33.2 Å². The zero-order valence-electron chi connectivity index (χ0n) is 13.8. The van der Waals surface area contributed by atoms with E-state index in [0.29, 0.717) is 11.3 Å². The number of nitrogens with zero attached hydrogens (tertiary/aromatic N) is 2. The average Bonchev–Trinajstić information content (AvgIpc) is 2.37. The molecule has 0 aliphatic carbocycles. The number of likely N-dealkylation sites (tertiary alicyclic amines) is 1. The van der Waals surface area contributed by atoms with E-state index in [1.165, 1.54) is 0 Å². The van der Waals surface area contributed by atoms with Crippen molar-refractivity contribution >= 4 is 5.91 Å². The highest BCUT2D eigenvalue weighted by molar-refractivity contribution is 5.79. The molecule has 3 nitrogen and oxygen atoms in total. The van der Waals surface area contributed by atoms with Crippen LogP contribution in [0.1, 0.15) is 47.0 Å². The fourth-order valence-corrected chi connectivity index (χ4v) is 2.67. The van der Waals surface area contributed by atoms with E-state index in [2.05, 4.69) is 37.6 Å². The van der Waals surface area contributed by atoms with E-state index >= 15 is 0 Å². The Morgan fingerprint density at radius 3 is 2.45 bits per heavy atom. The summed E-state index contributed by atoms with van der Waals surface area (Å²) in [7, 11) is 2.13. The van der Waals surface area contributed by atoms with E-state index in [9.17, 15) is 4.79 Å². The molecular weight excluding hydrogens is 248 g/mol. The van der Waals surface area contributed by atoms with Crippen LogP contribution < -0.4 is 0 Å². The largest absolute Gasteiger partial charge is 0.341 e. The number of amides is 1. The Labute approximate surface area is 124 Å². The van der Waals surface area contributed by atoms with Crippen LogP contribution in [-0.2, 0) is 4.79 Å². The quantitative estimate of drug-likeness (QED) is 0.697. The van der Waals surface area contributed by atoms with Gasteiger partial charge in [0.1, 0.15) is 0 Å². The van der Waals surface area contributed by atoms with Gasteiger partial charge in [-0.1, -0.05) is 33.6 Å². The molecule has 0 aromatic carbocycles. The zero-order chi connectivity index (χ0) is 15.2. The van der Waals surface area contributed by atoms with Crippen LogP contribution in [0.2, 0.25) is 0 Å². The summed E-state index contributed by atoms with van der Waals surface area (Å²) in [5.74, 6) is 6.71. The summed E-state index contributed by atoms with van der Waals surface area (Å²) in [4.78, 5) is 16.2. The van der Waals surface area contributed by atoms with Crippen molar-refractivity contribution in [1.82, 2.24) is 9.80 Å². The SMILES string of the molecule is CCC#CCN(C)CCC1(CC)CN(C(=O)C(C)C)C1. The van der Waals surface area contributed by atoms with Crippen LogP contribution >= 0.6 is 0 Å². The van der Waals surface area contributed by atoms with Crippen LogP contribution in [0, 0.1) is 23.2 Å². The van der Waals surface area contributed by atoms with Gasteiger partial charge < -0.3 is 4.90 Å². The number of hydrogen-bond acceptors (Lipinski definition) is 2. The van der Waals surface area contributed by atoms with Gasteiger partial charge in [0.2, 0.25) is 5.91 Å². The second-order valence-corrected chi connectivity index (χ2v) is 6.40. The molecule has 0 atom stereocenters. The first-order valence-electron chi connectivity index (χ1n) is 7.87. The topological polar surface area (TPSA) is 23.6 Å². The van der Waals surface area contributed by atoms with Crippen LogP contribution in [0.5, 0.6) is 0 Å². The third-order valence-corrected chi connectivity index (χ3v) is 4.28. The van der Waals surface area contributed by atoms with Crippen molar-refractivity contribution in [3.63, 3.8) is 0 Å². The smallest absolute Gasteiger partial charge is 0.225 e. The fourth-order valence-electron chi connectivity index (χ4n) is 2.67. The lowest BCUT2D eigenvalue weighted by molar-refractivity contribution is -0.147. The second kappa shape index (κ2) is 7.69. The molecule has 1 amide bonds. The van der Waals surface area contributed by atoms with Crippen molar-refractivity contribution < 1.29 is 4.79 Å². The Balaban J connectivity index is 2.37. The van der Waals surface area contributed by atoms with Gasteiger partial charge in [-0.05, 0) is 26.4 Å². The molecule has 1 aliphatic rings. The maximum absolute atomic E-state index is 11.9. The monoisotopic (exact) mass is 278 g/mol. The highest BCUT2D eigenvalue weighted by atomic mass is 16.2. The Morgan fingerprint density at radius 1 is 1.30 bits per heavy atom. The standard InChI is InChI=1S/C17H30N2O/c1-6-8-9-11-18(5)12-10-17(7-2)13-19(14-17)16(20)15(3)4/h15H,6-7,10-14H2,1-5H3. The molecule has 1 saturated heterocycles. The summed E-state index contributed by atoms with van der Waals surface area (Å²) in [5.41, 5.74) is 0.344. The molecule has 0 saturated carbocycles. The summed E-state index contributed by atoms with van der Waals surface area (Å²) in [6.45, 7) is 12.1. The fraction of sp³-hybridized carbons (Fsp3) is 0.824. The van der Waals surface area contributed by atoms with Crippen LogP contribution in [0.4, 0.5) is 0 Å². The lowest BCUT2D eigenvalue weighted by Gasteiger charge is -2.51. The van der Waals surface area contributed by atoms with Crippen molar-refractivity contribution in [3.05, 3.63) is 0 Å². The third-order valence-electron chi connectivity index (χ3n) is 4.28. The van der Waals surface area contributed by atoms with Gasteiger partial charge in [0.05, 0.1) is 6.54 Å². The summed E-state index contributed by atoms with van der Waals surface area (Å²) in [6, 6.07) is 0. The maximum Gasteiger partial charge on any atom is 0.225 e. The molecule has 0 aromatic heterocycles. The van der Waals surface area contributed by atoms with Crippen molar-refractivity contribution in [2.24, 2.45) is 11.3 Å². The molecule has 0 N–H and O–H groups in total. The number of hydrogen-bond donors (Lipinski definition) is 0. The molecule has 1 aliphatic heterocycles. The molecular formula is C17H30N2O. The van der Waals surface area contributed by atoms with Gasteiger partial charge in [-0.25, -0.2) is 0 Å². The van der Waals surface area contributed by atoms with Gasteiger partial charge in [0.15, 0.2) is 0 Å². The Morgan fingerprint density at radius 2 is 1.95 bits per heavy atom. The minimum absolute atomic E-state index is 0.122. The number of rotatable bonds is 6. The van der Waals surface area contributed by atoms with Crippen LogP contribution in [0.15, 0.2) is 0 Å². The molecule has 1 rings (SSSR count). The molecule has 0 aromatic rings. The van der Waals surface area contributed by atoms with Crippen LogP contribution in [-0.4, -0.2) is 48.9 Å². The molecule has 0 bridgehead atoms. The van der Waals surface area contributed by atoms with E-state index < -0.39 is 0 Å². The van der Waals surface area contributed by atoms with Crippen molar-refractivity contribution in [3.8, 4) is 11.8 Å². The normalized spacial score (nSPS) is 16.9. The van der Waals surface area contributed by atoms with Gasteiger partial charge >= 0.3 is 0 Å². The minimum Gasteiger partial charge on any atom is -0.341 e. The Bertz CT molecular complexity index is 372. The van der Waals surface area contributed by atoms with E-state index in [1.807, 2.05) is 18.7 Å². The lowest BCUT2D eigenvalue weighted by Crippen LogP contribution is -2.59. The molecule has 114 valence electrons. The molecule has 0 spiro atoms. The van der Waals surface area contributed by atoms with E-state index in [4.69, 9.17) is 0 Å². The highest BCUT2D eigenvalue weighted by Crippen LogP contribution is 2.38. The minimum atomic E-state index is 0.122. The van der Waals surface area contributed by atoms with Gasteiger partial charge in [-0.3, -0.25) is 9.69 Å². The molecule has 1 heterocycles. The van der Waals surface area contributed by atoms with Crippen molar-refractivity contribution in [1.29, 1.82) is 0 Å². The van der Waals surface area contributed by atoms with Crippen molar-refractivity contribution in [2.45, 2.75) is 47.0 Å². The molecule has 0 unspecified atom stereocenters. The first-order chi connectivity index (χ1) is 9.44. The first kappa shape index (κ1) is 17.0. The van der Waals surface area contributed by atoms with Crippen LogP contribution in [0.25, 0.3) is 0 Å². The second-order valence-electron chi connectivity index (χ2n) is 6.40. The van der Waals surface area contributed by atoms with E-state index in [-0.39, 0.29) is 5.92 Å².